The van der Waals surface area contributed by atoms with E-state index in [4.69, 9.17) is 33.8 Å². The largest absolute Gasteiger partial charge is 0.497 e. The number of benzene rings is 4. The van der Waals surface area contributed by atoms with Crippen LogP contribution in [0.1, 0.15) is 34.8 Å². The summed E-state index contributed by atoms with van der Waals surface area (Å²) in [4.78, 5) is 19.5. The molecule has 4 aromatic rings. The maximum absolute atomic E-state index is 14.4. The van der Waals surface area contributed by atoms with Crippen molar-refractivity contribution in [1.82, 2.24) is 10.9 Å². The smallest absolute Gasteiger partial charge is 0.266 e. The van der Waals surface area contributed by atoms with Gasteiger partial charge in [-0.05, 0) is 53.6 Å². The molecule has 0 radical (unpaired) electrons. The van der Waals surface area contributed by atoms with Crippen LogP contribution in [0.4, 0.5) is 0 Å². The second-order valence-corrected chi connectivity index (χ2v) is 10.7. The molecule has 10 heteroatoms. The van der Waals surface area contributed by atoms with Crippen molar-refractivity contribution in [2.75, 3.05) is 34.5 Å². The molecule has 0 saturated carbocycles. The maximum atomic E-state index is 14.4. The minimum atomic E-state index is -1.39. The van der Waals surface area contributed by atoms with Crippen LogP contribution < -0.4 is 29.8 Å². The Bertz CT molecular complexity index is 1630. The van der Waals surface area contributed by atoms with E-state index in [1.807, 2.05) is 91.0 Å². The van der Waals surface area contributed by atoms with Crippen LogP contribution in [0, 0.1) is 0 Å². The van der Waals surface area contributed by atoms with Crippen LogP contribution in [0.3, 0.4) is 0 Å². The third-order valence-electron chi connectivity index (χ3n) is 7.72. The van der Waals surface area contributed by atoms with Crippen molar-refractivity contribution in [3.8, 4) is 23.0 Å². The van der Waals surface area contributed by atoms with E-state index in [9.17, 15) is 4.79 Å². The summed E-state index contributed by atoms with van der Waals surface area (Å²) >= 11 is 0. The summed E-state index contributed by atoms with van der Waals surface area (Å²) in [5.74, 6) is 2.56. The van der Waals surface area contributed by atoms with E-state index < -0.39 is 11.6 Å². The Morgan fingerprint density at radius 2 is 1.61 bits per heavy atom. The molecule has 10 nitrogen and oxygen atoms in total. The van der Waals surface area contributed by atoms with Crippen LogP contribution in [0.15, 0.2) is 102 Å². The van der Waals surface area contributed by atoms with Crippen LogP contribution in [0.5, 0.6) is 23.0 Å². The van der Waals surface area contributed by atoms with Crippen molar-refractivity contribution in [3.63, 3.8) is 0 Å². The lowest BCUT2D eigenvalue weighted by Gasteiger charge is -2.31. The monoisotopic (exact) mass is 625 g/mol. The maximum Gasteiger partial charge on any atom is 0.266 e. The quantitative estimate of drug-likeness (QED) is 0.127. The van der Waals surface area contributed by atoms with Gasteiger partial charge >= 0.3 is 0 Å². The van der Waals surface area contributed by atoms with Crippen LogP contribution >= 0.6 is 0 Å². The summed E-state index contributed by atoms with van der Waals surface area (Å²) in [6.45, 7) is 0.753. The molecular formula is C36H39N3O7. The molecule has 0 aliphatic carbocycles. The average molecular weight is 626 g/mol. The van der Waals surface area contributed by atoms with Gasteiger partial charge in [0.25, 0.3) is 5.91 Å². The molecule has 0 spiro atoms. The summed E-state index contributed by atoms with van der Waals surface area (Å²) in [7, 11) is 4.78. The van der Waals surface area contributed by atoms with Crippen LogP contribution in [0.25, 0.3) is 0 Å². The fraction of sp³-hybridized carbons (Fsp3) is 0.278. The first kappa shape index (κ1) is 32.3. The Hall–Kier alpha value is -5.06. The van der Waals surface area contributed by atoms with E-state index in [2.05, 4.69) is 10.9 Å². The van der Waals surface area contributed by atoms with Gasteiger partial charge in [0.1, 0.15) is 23.0 Å². The van der Waals surface area contributed by atoms with E-state index in [0.717, 1.165) is 16.7 Å². The van der Waals surface area contributed by atoms with Crippen molar-refractivity contribution in [1.29, 1.82) is 0 Å². The summed E-state index contributed by atoms with van der Waals surface area (Å²) < 4.78 is 28.7. The number of ether oxygens (including phenoxy) is 5. The van der Waals surface area contributed by atoms with Crippen molar-refractivity contribution in [3.05, 3.63) is 119 Å². The van der Waals surface area contributed by atoms with Crippen LogP contribution in [0.2, 0.25) is 0 Å². The number of nitrogens with zero attached hydrogens (tertiary/aromatic N) is 1. The zero-order valence-electron chi connectivity index (χ0n) is 26.2. The van der Waals surface area contributed by atoms with Gasteiger partial charge in [-0.25, -0.2) is 10.4 Å². The van der Waals surface area contributed by atoms with E-state index >= 15 is 0 Å². The van der Waals surface area contributed by atoms with Crippen molar-refractivity contribution < 1.29 is 33.6 Å². The van der Waals surface area contributed by atoms with Gasteiger partial charge in [0.2, 0.25) is 5.90 Å². The summed E-state index contributed by atoms with van der Waals surface area (Å²) in [6.07, 6.45) is 0.0209. The second kappa shape index (κ2) is 15.3. The first-order chi connectivity index (χ1) is 22.5. The Morgan fingerprint density at radius 1 is 0.870 bits per heavy atom. The number of methoxy groups -OCH3 is 3. The lowest BCUT2D eigenvalue weighted by atomic mass is 9.82. The molecule has 0 bridgehead atoms. The van der Waals surface area contributed by atoms with Crippen molar-refractivity contribution >= 4 is 11.8 Å². The molecule has 0 aromatic heterocycles. The number of aliphatic hydroxyl groups is 1. The number of hydrogen-bond acceptors (Lipinski definition) is 9. The molecule has 0 unspecified atom stereocenters. The highest BCUT2D eigenvalue weighted by Gasteiger charge is 2.53. The summed E-state index contributed by atoms with van der Waals surface area (Å²) in [5, 5.41) is 9.07. The number of rotatable bonds is 15. The molecule has 0 saturated heterocycles. The predicted molar refractivity (Wildman–Crippen MR) is 174 cm³/mol. The van der Waals surface area contributed by atoms with Gasteiger partial charge in [0, 0.05) is 43.2 Å². The number of aliphatic hydroxyl groups excluding tert-OH is 1. The fourth-order valence-electron chi connectivity index (χ4n) is 5.32. The summed E-state index contributed by atoms with van der Waals surface area (Å²) in [5.41, 5.74) is 7.79. The number of carbonyl (C=O) groups is 1. The molecule has 1 amide bonds. The Balaban J connectivity index is 1.50. The average Bonchev–Trinajstić information content (AvgIpc) is 3.49. The van der Waals surface area contributed by atoms with E-state index in [-0.39, 0.29) is 18.9 Å². The molecule has 5 rings (SSSR count). The number of hydrazine groups is 1. The second-order valence-electron chi connectivity index (χ2n) is 10.7. The molecule has 2 atom stereocenters. The minimum Gasteiger partial charge on any atom is -0.497 e. The Kier molecular flexibility index (Phi) is 10.7. The molecule has 1 aliphatic heterocycles. The van der Waals surface area contributed by atoms with Gasteiger partial charge in [-0.2, -0.15) is 0 Å². The third kappa shape index (κ3) is 7.42. The molecule has 1 heterocycles. The molecular weight excluding hydrogens is 586 g/mol. The topological polar surface area (TPSA) is 120 Å². The molecule has 46 heavy (non-hydrogen) atoms. The molecule has 240 valence electrons. The number of aliphatic imine (C=N–C) groups is 1. The van der Waals surface area contributed by atoms with Gasteiger partial charge in [-0.3, -0.25) is 10.2 Å². The van der Waals surface area contributed by atoms with Crippen LogP contribution in [-0.4, -0.2) is 57.0 Å². The number of carbonyl (C=O) groups excluding carboxylic acids is 1. The van der Waals surface area contributed by atoms with E-state index in [1.165, 1.54) is 0 Å². The predicted octanol–water partition coefficient (Wildman–Crippen LogP) is 4.79. The van der Waals surface area contributed by atoms with E-state index in [0.29, 0.717) is 54.0 Å². The highest BCUT2D eigenvalue weighted by Crippen LogP contribution is 2.43. The molecule has 3 N–H and O–H groups in total. The van der Waals surface area contributed by atoms with Crippen LogP contribution in [-0.2, 0) is 22.5 Å². The fourth-order valence-corrected chi connectivity index (χ4v) is 5.32. The van der Waals surface area contributed by atoms with Gasteiger partial charge < -0.3 is 28.8 Å². The zero-order valence-corrected chi connectivity index (χ0v) is 26.2. The molecule has 4 aromatic carbocycles. The first-order valence-corrected chi connectivity index (χ1v) is 15.0. The van der Waals surface area contributed by atoms with Crippen molar-refractivity contribution in [2.45, 2.75) is 31.0 Å². The zero-order chi connectivity index (χ0) is 32.4. The number of nitrogens with one attached hydrogen (secondary N) is 2. The first-order valence-electron chi connectivity index (χ1n) is 15.0. The summed E-state index contributed by atoms with van der Waals surface area (Å²) in [6, 6.07) is 30.1. The standard InChI is InChI=1S/C36H39N3O7/c1-42-30-12-7-11-27(21-30)33-36(23-25-9-5-4-6-10-25,35(41)39-37-24-28-15-18-31(43-2)22-32(28)44-3)38-34(46-33)26-13-16-29(17-14-26)45-20-8-19-40/h4-7,9-18,21-22,33,37,40H,8,19-20,23-24H2,1-3H3,(H,39,41)/t33-,36-/m0/s1. The van der Waals surface area contributed by atoms with Crippen molar-refractivity contribution in [2.24, 2.45) is 4.99 Å². The minimum absolute atomic E-state index is 0.0580. The van der Waals surface area contributed by atoms with Gasteiger partial charge in [-0.15, -0.1) is 0 Å². The van der Waals surface area contributed by atoms with Gasteiger partial charge in [-0.1, -0.05) is 48.5 Å². The Morgan fingerprint density at radius 3 is 2.33 bits per heavy atom. The van der Waals surface area contributed by atoms with Gasteiger partial charge in [0.05, 0.1) is 27.9 Å². The normalized spacial score (nSPS) is 17.0. The highest BCUT2D eigenvalue weighted by atomic mass is 16.5. The SMILES string of the molecule is COc1cccc([C@@H]2OC(c3ccc(OCCCO)cc3)=N[C@]2(Cc2ccccc2)C(=O)NNCc2ccc(OC)cc2OC)c1. The number of amides is 1. The lowest BCUT2D eigenvalue weighted by molar-refractivity contribution is -0.130. The third-order valence-corrected chi connectivity index (χ3v) is 7.72. The molecule has 0 fully saturated rings. The highest BCUT2D eigenvalue weighted by molar-refractivity contribution is 6.01. The van der Waals surface area contributed by atoms with E-state index in [1.54, 1.807) is 27.4 Å². The van der Waals surface area contributed by atoms with Gasteiger partial charge in [0.15, 0.2) is 11.6 Å². The number of hydrogen-bond donors (Lipinski definition) is 3. The Labute approximate surface area is 268 Å². The lowest BCUT2D eigenvalue weighted by Crippen LogP contribution is -2.53. The molecule has 1 aliphatic rings.